The summed E-state index contributed by atoms with van der Waals surface area (Å²) in [4.78, 5) is 16.1. The average Bonchev–Trinajstić information content (AvgIpc) is 3.13. The minimum absolute atomic E-state index is 0.272. The second-order valence-electron chi connectivity index (χ2n) is 4.61. The van der Waals surface area contributed by atoms with Crippen LogP contribution in [0.15, 0.2) is 53.5 Å². The summed E-state index contributed by atoms with van der Waals surface area (Å²) in [6.07, 6.45) is 6.86. The van der Waals surface area contributed by atoms with Gasteiger partial charge in [0, 0.05) is 30.5 Å². The van der Waals surface area contributed by atoms with Gasteiger partial charge in [0.15, 0.2) is 5.76 Å². The molecular formula is C15H14N4O2. The van der Waals surface area contributed by atoms with Crippen LogP contribution < -0.4 is 5.32 Å². The van der Waals surface area contributed by atoms with E-state index in [1.165, 1.54) is 0 Å². The van der Waals surface area contributed by atoms with Gasteiger partial charge in [-0.05, 0) is 36.8 Å². The van der Waals surface area contributed by atoms with Gasteiger partial charge >= 0.3 is 0 Å². The first-order valence-electron chi connectivity index (χ1n) is 6.50. The predicted molar refractivity (Wildman–Crippen MR) is 77.0 cm³/mol. The van der Waals surface area contributed by atoms with Crippen molar-refractivity contribution in [1.29, 1.82) is 0 Å². The fourth-order valence-corrected chi connectivity index (χ4v) is 1.94. The fraction of sp³-hybridized carbons (Fsp3) is 0.133. The van der Waals surface area contributed by atoms with Crippen molar-refractivity contribution in [1.82, 2.24) is 14.8 Å². The van der Waals surface area contributed by atoms with Crippen LogP contribution in [0.3, 0.4) is 0 Å². The standard InChI is InChI=1S/C15H14N4O2/c1-11-9-16-7-5-13(11)18-15(20)14-4-3-12(21-14)10-19-8-2-6-17-19/h2-9H,10H2,1H3,(H,16,18,20). The van der Waals surface area contributed by atoms with Crippen molar-refractivity contribution >= 4 is 11.6 Å². The van der Waals surface area contributed by atoms with Crippen LogP contribution in [0.25, 0.3) is 0 Å². The molecule has 0 aliphatic heterocycles. The topological polar surface area (TPSA) is 73.0 Å². The number of hydrogen-bond donors (Lipinski definition) is 1. The van der Waals surface area contributed by atoms with E-state index in [1.807, 2.05) is 19.2 Å². The number of rotatable bonds is 4. The van der Waals surface area contributed by atoms with Gasteiger partial charge in [-0.3, -0.25) is 14.5 Å². The van der Waals surface area contributed by atoms with Gasteiger partial charge in [-0.15, -0.1) is 0 Å². The number of nitrogens with one attached hydrogen (secondary N) is 1. The highest BCUT2D eigenvalue weighted by molar-refractivity contribution is 6.02. The van der Waals surface area contributed by atoms with E-state index < -0.39 is 0 Å². The third-order valence-corrected chi connectivity index (χ3v) is 3.03. The SMILES string of the molecule is Cc1cnccc1NC(=O)c1ccc(Cn2cccn2)o1. The molecule has 3 rings (SSSR count). The second-order valence-corrected chi connectivity index (χ2v) is 4.61. The quantitative estimate of drug-likeness (QED) is 0.798. The maximum atomic E-state index is 12.1. The maximum Gasteiger partial charge on any atom is 0.291 e. The summed E-state index contributed by atoms with van der Waals surface area (Å²) >= 11 is 0. The second kappa shape index (κ2) is 5.62. The first-order chi connectivity index (χ1) is 10.2. The van der Waals surface area contributed by atoms with Gasteiger partial charge in [-0.2, -0.15) is 5.10 Å². The van der Waals surface area contributed by atoms with Crippen molar-refractivity contribution in [2.45, 2.75) is 13.5 Å². The molecular weight excluding hydrogens is 268 g/mol. The number of aryl methyl sites for hydroxylation is 1. The number of amides is 1. The molecule has 6 nitrogen and oxygen atoms in total. The van der Waals surface area contributed by atoms with E-state index >= 15 is 0 Å². The number of carbonyl (C=O) groups excluding carboxylic acids is 1. The Labute approximate surface area is 121 Å². The molecule has 1 N–H and O–H groups in total. The molecule has 6 heteroatoms. The van der Waals surface area contributed by atoms with E-state index in [-0.39, 0.29) is 11.7 Å². The van der Waals surface area contributed by atoms with Crippen molar-refractivity contribution in [2.24, 2.45) is 0 Å². The Morgan fingerprint density at radius 3 is 3.00 bits per heavy atom. The molecule has 3 heterocycles. The Balaban J connectivity index is 1.71. The summed E-state index contributed by atoms with van der Waals surface area (Å²) in [7, 11) is 0. The molecule has 106 valence electrons. The molecule has 0 fully saturated rings. The third-order valence-electron chi connectivity index (χ3n) is 3.03. The Hall–Kier alpha value is -2.89. The highest BCUT2D eigenvalue weighted by Gasteiger charge is 2.12. The lowest BCUT2D eigenvalue weighted by Gasteiger charge is -2.05. The van der Waals surface area contributed by atoms with E-state index in [0.29, 0.717) is 12.3 Å². The molecule has 0 atom stereocenters. The predicted octanol–water partition coefficient (Wildman–Crippen LogP) is 2.48. The Bertz CT molecular complexity index is 747. The Morgan fingerprint density at radius 1 is 1.33 bits per heavy atom. The van der Waals surface area contributed by atoms with Gasteiger partial charge in [0.25, 0.3) is 5.91 Å². The van der Waals surface area contributed by atoms with Crippen molar-refractivity contribution in [2.75, 3.05) is 5.32 Å². The van der Waals surface area contributed by atoms with Crippen LogP contribution in [-0.2, 0) is 6.54 Å². The number of nitrogens with zero attached hydrogens (tertiary/aromatic N) is 3. The largest absolute Gasteiger partial charge is 0.454 e. The Morgan fingerprint density at radius 2 is 2.24 bits per heavy atom. The van der Waals surface area contributed by atoms with E-state index in [1.54, 1.807) is 41.5 Å². The van der Waals surface area contributed by atoms with Crippen molar-refractivity contribution in [3.63, 3.8) is 0 Å². The lowest BCUT2D eigenvalue weighted by Crippen LogP contribution is -2.12. The van der Waals surface area contributed by atoms with Gasteiger partial charge in [0.1, 0.15) is 5.76 Å². The zero-order valence-electron chi connectivity index (χ0n) is 11.5. The fourth-order valence-electron chi connectivity index (χ4n) is 1.94. The maximum absolute atomic E-state index is 12.1. The zero-order chi connectivity index (χ0) is 14.7. The van der Waals surface area contributed by atoms with Gasteiger partial charge < -0.3 is 9.73 Å². The lowest BCUT2D eigenvalue weighted by molar-refractivity contribution is 0.0994. The molecule has 0 spiro atoms. The molecule has 21 heavy (non-hydrogen) atoms. The van der Waals surface area contributed by atoms with E-state index in [2.05, 4.69) is 15.4 Å². The van der Waals surface area contributed by atoms with Crippen molar-refractivity contribution in [3.8, 4) is 0 Å². The summed E-state index contributed by atoms with van der Waals surface area (Å²) in [5.41, 5.74) is 1.62. The lowest BCUT2D eigenvalue weighted by atomic mass is 10.2. The number of aromatic nitrogens is 3. The van der Waals surface area contributed by atoms with Gasteiger partial charge in [-0.1, -0.05) is 0 Å². The minimum atomic E-state index is -0.281. The third kappa shape index (κ3) is 3.00. The highest BCUT2D eigenvalue weighted by atomic mass is 16.4. The molecule has 0 radical (unpaired) electrons. The molecule has 0 aromatic carbocycles. The number of anilines is 1. The number of carbonyl (C=O) groups is 1. The van der Waals surface area contributed by atoms with Crippen LogP contribution in [-0.4, -0.2) is 20.7 Å². The molecule has 0 aliphatic rings. The van der Waals surface area contributed by atoms with Crippen LogP contribution >= 0.6 is 0 Å². The van der Waals surface area contributed by atoms with E-state index in [4.69, 9.17) is 4.42 Å². The van der Waals surface area contributed by atoms with Crippen LogP contribution in [0.4, 0.5) is 5.69 Å². The molecule has 0 unspecified atom stereocenters. The van der Waals surface area contributed by atoms with Crippen LogP contribution in [0, 0.1) is 6.92 Å². The summed E-state index contributed by atoms with van der Waals surface area (Å²) < 4.78 is 7.27. The summed E-state index contributed by atoms with van der Waals surface area (Å²) in [5, 5.41) is 6.90. The molecule has 1 amide bonds. The minimum Gasteiger partial charge on any atom is -0.454 e. The number of furan rings is 1. The van der Waals surface area contributed by atoms with Crippen LogP contribution in [0.1, 0.15) is 21.9 Å². The molecule has 0 saturated heterocycles. The summed E-state index contributed by atoms with van der Waals surface area (Å²) in [6.45, 7) is 2.38. The van der Waals surface area contributed by atoms with Gasteiger partial charge in [0.05, 0.1) is 6.54 Å². The zero-order valence-corrected chi connectivity index (χ0v) is 11.5. The van der Waals surface area contributed by atoms with Gasteiger partial charge in [0.2, 0.25) is 0 Å². The number of hydrogen-bond acceptors (Lipinski definition) is 4. The van der Waals surface area contributed by atoms with Gasteiger partial charge in [-0.25, -0.2) is 0 Å². The van der Waals surface area contributed by atoms with Crippen molar-refractivity contribution < 1.29 is 9.21 Å². The van der Waals surface area contributed by atoms with E-state index in [0.717, 1.165) is 11.3 Å². The van der Waals surface area contributed by atoms with Crippen molar-refractivity contribution in [3.05, 3.63) is 66.1 Å². The summed E-state index contributed by atoms with van der Waals surface area (Å²) in [5.74, 6) is 0.666. The molecule has 0 saturated carbocycles. The monoisotopic (exact) mass is 282 g/mol. The Kier molecular flexibility index (Phi) is 3.51. The summed E-state index contributed by atoms with van der Waals surface area (Å²) in [6, 6.07) is 7.02. The molecule has 0 aliphatic carbocycles. The van der Waals surface area contributed by atoms with Crippen LogP contribution in [0.2, 0.25) is 0 Å². The first kappa shape index (κ1) is 13.1. The molecule has 0 bridgehead atoms. The first-order valence-corrected chi connectivity index (χ1v) is 6.50. The molecule has 3 aromatic rings. The van der Waals surface area contributed by atoms with Crippen LogP contribution in [0.5, 0.6) is 0 Å². The molecule has 3 aromatic heterocycles. The normalized spacial score (nSPS) is 10.5. The highest BCUT2D eigenvalue weighted by Crippen LogP contribution is 2.15. The smallest absolute Gasteiger partial charge is 0.291 e. The van der Waals surface area contributed by atoms with E-state index in [9.17, 15) is 4.79 Å². The number of pyridine rings is 1. The average molecular weight is 282 g/mol.